The van der Waals surface area contributed by atoms with Gasteiger partial charge in [0.05, 0.1) is 0 Å². The molecule has 1 aromatic rings. The van der Waals surface area contributed by atoms with Crippen molar-refractivity contribution in [3.63, 3.8) is 0 Å². The smallest absolute Gasteiger partial charge is 0.0240 e. The number of hydrogen-bond donors (Lipinski definition) is 1. The van der Waals surface area contributed by atoms with Crippen LogP contribution in [0.4, 0.5) is 0 Å². The summed E-state index contributed by atoms with van der Waals surface area (Å²) in [6.45, 7) is 4.40. The second kappa shape index (κ2) is 6.77. The van der Waals surface area contributed by atoms with E-state index < -0.39 is 0 Å². The second-order valence-corrected chi connectivity index (χ2v) is 5.04. The van der Waals surface area contributed by atoms with Crippen molar-refractivity contribution >= 4 is 0 Å². The molecule has 1 aliphatic heterocycles. The number of fused-ring (bicyclic) bond motifs is 1. The highest BCUT2D eigenvalue weighted by Gasteiger charge is 2.16. The van der Waals surface area contributed by atoms with Gasteiger partial charge in [0.25, 0.3) is 0 Å². The van der Waals surface area contributed by atoms with Gasteiger partial charge in [0.15, 0.2) is 0 Å². The third-order valence-corrected chi connectivity index (χ3v) is 3.58. The molecule has 0 amide bonds. The van der Waals surface area contributed by atoms with Gasteiger partial charge in [-0.05, 0) is 37.1 Å². The molecule has 0 unspecified atom stereocenters. The van der Waals surface area contributed by atoms with Crippen LogP contribution in [0, 0.1) is 0 Å². The van der Waals surface area contributed by atoms with Gasteiger partial charge in [0.2, 0.25) is 0 Å². The highest BCUT2D eigenvalue weighted by molar-refractivity contribution is 5.30. The Kier molecular flexibility index (Phi) is 5.02. The first-order chi connectivity index (χ1) is 8.40. The molecular weight excluding hydrogens is 208 g/mol. The molecule has 2 heteroatoms. The van der Waals surface area contributed by atoms with Gasteiger partial charge < -0.3 is 5.73 Å². The predicted molar refractivity (Wildman–Crippen MR) is 72.7 cm³/mol. The van der Waals surface area contributed by atoms with Crippen LogP contribution in [0.5, 0.6) is 0 Å². The van der Waals surface area contributed by atoms with Gasteiger partial charge in [-0.25, -0.2) is 0 Å². The van der Waals surface area contributed by atoms with E-state index in [1.54, 1.807) is 0 Å². The highest BCUT2D eigenvalue weighted by Crippen LogP contribution is 2.22. The van der Waals surface area contributed by atoms with Crippen molar-refractivity contribution in [3.05, 3.63) is 35.4 Å². The summed E-state index contributed by atoms with van der Waals surface area (Å²) in [5.41, 5.74) is 8.53. The van der Waals surface area contributed by atoms with Crippen LogP contribution in [-0.4, -0.2) is 18.0 Å². The van der Waals surface area contributed by atoms with Gasteiger partial charge in [0, 0.05) is 13.1 Å². The fraction of sp³-hybridized carbons (Fsp3) is 0.600. The van der Waals surface area contributed by atoms with E-state index in [-0.39, 0.29) is 0 Å². The van der Waals surface area contributed by atoms with Crippen molar-refractivity contribution in [3.8, 4) is 0 Å². The molecule has 0 aliphatic carbocycles. The molecule has 0 saturated carbocycles. The maximum Gasteiger partial charge on any atom is 0.0240 e. The van der Waals surface area contributed by atoms with E-state index >= 15 is 0 Å². The minimum Gasteiger partial charge on any atom is -0.330 e. The highest BCUT2D eigenvalue weighted by atomic mass is 15.1. The number of benzene rings is 1. The van der Waals surface area contributed by atoms with Crippen LogP contribution in [0.25, 0.3) is 0 Å². The number of hydrogen-bond acceptors (Lipinski definition) is 2. The van der Waals surface area contributed by atoms with Crippen LogP contribution < -0.4 is 5.73 Å². The summed E-state index contributed by atoms with van der Waals surface area (Å²) in [5, 5.41) is 0. The standard InChI is InChI=1S/C15H24N2/c16-10-6-2-1-3-7-11-17-12-14-8-4-5-9-15(14)13-17/h4-5,8-9H,1-3,6-7,10-13,16H2. The Morgan fingerprint density at radius 2 is 1.47 bits per heavy atom. The summed E-state index contributed by atoms with van der Waals surface area (Å²) in [7, 11) is 0. The van der Waals surface area contributed by atoms with Gasteiger partial charge in [-0.15, -0.1) is 0 Å². The van der Waals surface area contributed by atoms with Crippen molar-refractivity contribution in [2.45, 2.75) is 45.2 Å². The van der Waals surface area contributed by atoms with Gasteiger partial charge in [0.1, 0.15) is 0 Å². The summed E-state index contributed by atoms with van der Waals surface area (Å²) < 4.78 is 0. The van der Waals surface area contributed by atoms with E-state index in [1.165, 1.54) is 49.8 Å². The van der Waals surface area contributed by atoms with Gasteiger partial charge in [-0.2, -0.15) is 0 Å². The quantitative estimate of drug-likeness (QED) is 0.732. The minimum atomic E-state index is 0.849. The van der Waals surface area contributed by atoms with E-state index in [0.717, 1.165) is 19.6 Å². The van der Waals surface area contributed by atoms with Crippen LogP contribution in [0.3, 0.4) is 0 Å². The van der Waals surface area contributed by atoms with Gasteiger partial charge in [-0.1, -0.05) is 43.5 Å². The zero-order valence-electron chi connectivity index (χ0n) is 10.7. The maximum atomic E-state index is 5.48. The molecule has 0 atom stereocenters. The summed E-state index contributed by atoms with van der Waals surface area (Å²) >= 11 is 0. The third kappa shape index (κ3) is 3.83. The number of rotatable bonds is 7. The van der Waals surface area contributed by atoms with E-state index in [1.807, 2.05) is 0 Å². The molecule has 0 spiro atoms. The monoisotopic (exact) mass is 232 g/mol. The second-order valence-electron chi connectivity index (χ2n) is 5.04. The Morgan fingerprint density at radius 1 is 0.882 bits per heavy atom. The zero-order chi connectivity index (χ0) is 11.9. The largest absolute Gasteiger partial charge is 0.330 e. The van der Waals surface area contributed by atoms with Crippen molar-refractivity contribution < 1.29 is 0 Å². The molecule has 0 bridgehead atoms. The third-order valence-electron chi connectivity index (χ3n) is 3.58. The fourth-order valence-electron chi connectivity index (χ4n) is 2.57. The lowest BCUT2D eigenvalue weighted by Crippen LogP contribution is -2.17. The van der Waals surface area contributed by atoms with Crippen molar-refractivity contribution in [1.29, 1.82) is 0 Å². The van der Waals surface area contributed by atoms with E-state index in [0.29, 0.717) is 0 Å². The Morgan fingerprint density at radius 3 is 2.12 bits per heavy atom. The first kappa shape index (κ1) is 12.6. The van der Waals surface area contributed by atoms with Crippen molar-refractivity contribution in [1.82, 2.24) is 4.90 Å². The SMILES string of the molecule is NCCCCCCCN1Cc2ccccc2C1. The van der Waals surface area contributed by atoms with Crippen LogP contribution in [0.15, 0.2) is 24.3 Å². The molecule has 0 saturated heterocycles. The summed E-state index contributed by atoms with van der Waals surface area (Å²) in [4.78, 5) is 2.56. The first-order valence-electron chi connectivity index (χ1n) is 6.89. The molecule has 94 valence electrons. The first-order valence-corrected chi connectivity index (χ1v) is 6.89. The average molecular weight is 232 g/mol. The van der Waals surface area contributed by atoms with E-state index in [2.05, 4.69) is 29.2 Å². The minimum absolute atomic E-state index is 0.849. The predicted octanol–water partition coefficient (Wildman–Crippen LogP) is 2.91. The molecule has 1 aromatic carbocycles. The van der Waals surface area contributed by atoms with Crippen LogP contribution in [0.2, 0.25) is 0 Å². The summed E-state index contributed by atoms with van der Waals surface area (Å²) in [5.74, 6) is 0. The maximum absolute atomic E-state index is 5.48. The Hall–Kier alpha value is -0.860. The lowest BCUT2D eigenvalue weighted by atomic mass is 10.1. The molecule has 2 nitrogen and oxygen atoms in total. The molecule has 0 radical (unpaired) electrons. The van der Waals surface area contributed by atoms with Crippen LogP contribution >= 0.6 is 0 Å². The summed E-state index contributed by atoms with van der Waals surface area (Å²) in [6, 6.07) is 8.82. The summed E-state index contributed by atoms with van der Waals surface area (Å²) in [6.07, 6.45) is 6.52. The molecule has 2 rings (SSSR count). The van der Waals surface area contributed by atoms with Crippen molar-refractivity contribution in [2.24, 2.45) is 5.73 Å². The topological polar surface area (TPSA) is 29.3 Å². The zero-order valence-corrected chi connectivity index (χ0v) is 10.7. The molecule has 17 heavy (non-hydrogen) atoms. The number of nitrogens with zero attached hydrogens (tertiary/aromatic N) is 1. The normalized spacial score (nSPS) is 15.1. The Labute approximate surface area is 105 Å². The van der Waals surface area contributed by atoms with E-state index in [4.69, 9.17) is 5.73 Å². The van der Waals surface area contributed by atoms with Crippen LogP contribution in [0.1, 0.15) is 43.2 Å². The lowest BCUT2D eigenvalue weighted by Gasteiger charge is -2.14. The molecular formula is C15H24N2. The molecule has 0 fully saturated rings. The fourth-order valence-corrected chi connectivity index (χ4v) is 2.57. The lowest BCUT2D eigenvalue weighted by molar-refractivity contribution is 0.276. The molecule has 1 heterocycles. The van der Waals surface area contributed by atoms with Crippen LogP contribution in [-0.2, 0) is 13.1 Å². The van der Waals surface area contributed by atoms with E-state index in [9.17, 15) is 0 Å². The van der Waals surface area contributed by atoms with Gasteiger partial charge >= 0.3 is 0 Å². The van der Waals surface area contributed by atoms with Crippen molar-refractivity contribution in [2.75, 3.05) is 13.1 Å². The molecule has 2 N–H and O–H groups in total. The number of unbranched alkanes of at least 4 members (excludes halogenated alkanes) is 4. The average Bonchev–Trinajstić information content (AvgIpc) is 2.76. The Balaban J connectivity index is 1.60. The Bertz CT molecular complexity index is 310. The van der Waals surface area contributed by atoms with Gasteiger partial charge in [-0.3, -0.25) is 4.90 Å². The molecule has 1 aliphatic rings. The number of nitrogens with two attached hydrogens (primary N) is 1. The molecule has 0 aromatic heterocycles.